The van der Waals surface area contributed by atoms with Crippen molar-refractivity contribution in [2.24, 2.45) is 0 Å². The first-order chi connectivity index (χ1) is 13.0. The molecule has 2 aromatic carbocycles. The number of aryl methyl sites for hydroxylation is 1. The van der Waals surface area contributed by atoms with Crippen molar-refractivity contribution in [1.82, 2.24) is 15.1 Å². The van der Waals surface area contributed by atoms with E-state index >= 15 is 0 Å². The normalized spacial score (nSPS) is 11.1. The Morgan fingerprint density at radius 2 is 1.78 bits per heavy atom. The molecule has 1 amide bonds. The van der Waals surface area contributed by atoms with Crippen LogP contribution in [-0.2, 0) is 0 Å². The third-order valence-electron chi connectivity index (χ3n) is 4.21. The lowest BCUT2D eigenvalue weighted by molar-refractivity contribution is 0.0950. The number of aromatic nitrogens is 2. The van der Waals surface area contributed by atoms with Crippen molar-refractivity contribution in [3.8, 4) is 0 Å². The van der Waals surface area contributed by atoms with Crippen molar-refractivity contribution in [2.75, 3.05) is 12.3 Å². The van der Waals surface area contributed by atoms with Gasteiger partial charge in [0.25, 0.3) is 11.5 Å². The summed E-state index contributed by atoms with van der Waals surface area (Å²) in [6, 6.07) is 15.3. The fourth-order valence-electron chi connectivity index (χ4n) is 2.78. The summed E-state index contributed by atoms with van der Waals surface area (Å²) in [5, 5.41) is 8.35. The molecule has 3 rings (SSSR count). The van der Waals surface area contributed by atoms with Crippen LogP contribution in [0.4, 0.5) is 0 Å². The molecule has 0 radical (unpaired) electrons. The molecule has 0 aliphatic carbocycles. The number of rotatable bonds is 6. The van der Waals surface area contributed by atoms with E-state index in [0.717, 1.165) is 5.75 Å². The van der Waals surface area contributed by atoms with Crippen molar-refractivity contribution in [3.63, 3.8) is 0 Å². The Morgan fingerprint density at radius 3 is 2.44 bits per heavy atom. The number of carbonyl (C=O) groups excluding carboxylic acids is 1. The number of thioether (sulfide) groups is 1. The van der Waals surface area contributed by atoms with Crippen molar-refractivity contribution < 1.29 is 4.79 Å². The molecular weight excluding hydrogens is 358 g/mol. The Balaban J connectivity index is 1.74. The molecule has 0 aliphatic heterocycles. The maximum Gasteiger partial charge on any atom is 0.274 e. The third kappa shape index (κ3) is 4.39. The molecular formula is C21H23N3O2S. The lowest BCUT2D eigenvalue weighted by Gasteiger charge is -2.13. The minimum Gasteiger partial charge on any atom is -0.350 e. The zero-order valence-electron chi connectivity index (χ0n) is 15.7. The zero-order chi connectivity index (χ0) is 19.4. The molecule has 1 heterocycles. The lowest BCUT2D eigenvalue weighted by atomic mass is 10.1. The van der Waals surface area contributed by atoms with Crippen molar-refractivity contribution in [2.45, 2.75) is 31.7 Å². The maximum atomic E-state index is 12.7. The van der Waals surface area contributed by atoms with Crippen LogP contribution in [0.1, 0.15) is 35.9 Å². The number of carbonyl (C=O) groups is 1. The minimum atomic E-state index is -0.259. The molecule has 0 saturated carbocycles. The Morgan fingerprint density at radius 1 is 1.11 bits per heavy atom. The van der Waals surface area contributed by atoms with Gasteiger partial charge in [-0.1, -0.05) is 35.9 Å². The first-order valence-corrected chi connectivity index (χ1v) is 9.95. The van der Waals surface area contributed by atoms with Crippen LogP contribution in [0.25, 0.3) is 10.8 Å². The summed E-state index contributed by atoms with van der Waals surface area (Å²) in [4.78, 5) is 26.4. The zero-order valence-corrected chi connectivity index (χ0v) is 16.5. The van der Waals surface area contributed by atoms with Gasteiger partial charge in [0.2, 0.25) is 0 Å². The summed E-state index contributed by atoms with van der Waals surface area (Å²) in [5.41, 5.74) is 1.34. The second-order valence-corrected chi connectivity index (χ2v) is 7.82. The molecule has 0 spiro atoms. The molecule has 0 fully saturated rings. The smallest absolute Gasteiger partial charge is 0.274 e. The minimum absolute atomic E-state index is 0.120. The van der Waals surface area contributed by atoms with Crippen molar-refractivity contribution in [3.05, 3.63) is 70.1 Å². The molecule has 0 atom stereocenters. The summed E-state index contributed by atoms with van der Waals surface area (Å²) in [6.07, 6.45) is 0. The topological polar surface area (TPSA) is 64.0 Å². The van der Waals surface area contributed by atoms with Crippen molar-refractivity contribution in [1.29, 1.82) is 0 Å². The predicted octanol–water partition coefficient (Wildman–Crippen LogP) is 3.81. The highest BCUT2D eigenvalue weighted by Crippen LogP contribution is 2.18. The number of fused-ring (bicyclic) bond motifs is 1. The van der Waals surface area contributed by atoms with E-state index < -0.39 is 0 Å². The molecule has 0 unspecified atom stereocenters. The fraction of sp³-hybridized carbons (Fsp3) is 0.286. The van der Waals surface area contributed by atoms with Crippen LogP contribution < -0.4 is 10.9 Å². The number of nitrogens with zero attached hydrogens (tertiary/aromatic N) is 2. The first kappa shape index (κ1) is 19.2. The Labute approximate surface area is 162 Å². The van der Waals surface area contributed by atoms with Gasteiger partial charge in [0.1, 0.15) is 0 Å². The van der Waals surface area contributed by atoms with E-state index in [1.165, 1.54) is 15.1 Å². The summed E-state index contributed by atoms with van der Waals surface area (Å²) < 4.78 is 1.37. The molecule has 140 valence electrons. The second kappa shape index (κ2) is 8.39. The SMILES string of the molecule is Cc1ccc(SCCNC(=O)c2nn(C(C)C)c(=O)c3ccccc23)cc1. The number of benzene rings is 2. The number of amides is 1. The number of hydrogen-bond acceptors (Lipinski definition) is 4. The highest BCUT2D eigenvalue weighted by molar-refractivity contribution is 7.99. The molecule has 0 aliphatic rings. The Kier molecular flexibility index (Phi) is 5.96. The highest BCUT2D eigenvalue weighted by Gasteiger charge is 2.17. The van der Waals surface area contributed by atoms with E-state index in [1.54, 1.807) is 30.0 Å². The average Bonchev–Trinajstić information content (AvgIpc) is 2.66. The van der Waals surface area contributed by atoms with Crippen molar-refractivity contribution >= 4 is 28.4 Å². The summed E-state index contributed by atoms with van der Waals surface area (Å²) >= 11 is 1.69. The van der Waals surface area contributed by atoms with E-state index in [4.69, 9.17) is 0 Å². The highest BCUT2D eigenvalue weighted by atomic mass is 32.2. The molecule has 6 heteroatoms. The average molecular weight is 382 g/mol. The molecule has 27 heavy (non-hydrogen) atoms. The molecule has 0 bridgehead atoms. The van der Waals surface area contributed by atoms with E-state index in [1.807, 2.05) is 19.9 Å². The van der Waals surface area contributed by atoms with Gasteiger partial charge in [0.05, 0.1) is 11.4 Å². The summed E-state index contributed by atoms with van der Waals surface area (Å²) in [6.45, 7) is 6.34. The van der Waals surface area contributed by atoms with Crippen LogP contribution in [0.15, 0.2) is 58.2 Å². The van der Waals surface area contributed by atoms with Gasteiger partial charge in [-0.15, -0.1) is 11.8 Å². The number of hydrogen-bond donors (Lipinski definition) is 1. The number of nitrogens with one attached hydrogen (secondary N) is 1. The van der Waals surface area contributed by atoms with Crippen LogP contribution in [0.3, 0.4) is 0 Å². The van der Waals surface area contributed by atoms with Crippen LogP contribution in [0.2, 0.25) is 0 Å². The maximum absolute atomic E-state index is 12.7. The first-order valence-electron chi connectivity index (χ1n) is 8.96. The third-order valence-corrected chi connectivity index (χ3v) is 5.22. The van der Waals surface area contributed by atoms with E-state index in [2.05, 4.69) is 41.6 Å². The van der Waals surface area contributed by atoms with Gasteiger partial charge in [-0.25, -0.2) is 4.68 Å². The van der Waals surface area contributed by atoms with E-state index in [-0.39, 0.29) is 17.5 Å². The van der Waals surface area contributed by atoms with Gasteiger partial charge < -0.3 is 5.32 Å². The Hall–Kier alpha value is -2.60. The molecule has 1 N–H and O–H groups in total. The van der Waals surface area contributed by atoms with Crippen LogP contribution in [-0.4, -0.2) is 28.0 Å². The van der Waals surface area contributed by atoms with E-state index in [9.17, 15) is 9.59 Å². The molecule has 3 aromatic rings. The second-order valence-electron chi connectivity index (χ2n) is 6.66. The van der Waals surface area contributed by atoms with Gasteiger partial charge >= 0.3 is 0 Å². The van der Waals surface area contributed by atoms with Gasteiger partial charge in [0.15, 0.2) is 5.69 Å². The fourth-order valence-corrected chi connectivity index (χ4v) is 3.54. The van der Waals surface area contributed by atoms with Gasteiger partial charge in [-0.05, 0) is 39.0 Å². The monoisotopic (exact) mass is 381 g/mol. The van der Waals surface area contributed by atoms with Crippen LogP contribution >= 0.6 is 11.8 Å². The summed E-state index contributed by atoms with van der Waals surface area (Å²) in [7, 11) is 0. The van der Waals surface area contributed by atoms with E-state index in [0.29, 0.717) is 23.0 Å². The van der Waals surface area contributed by atoms with Crippen LogP contribution in [0, 0.1) is 6.92 Å². The van der Waals surface area contributed by atoms with Gasteiger partial charge in [-0.3, -0.25) is 9.59 Å². The Bertz CT molecular complexity index is 1010. The molecule has 0 saturated heterocycles. The van der Waals surface area contributed by atoms with Crippen LogP contribution in [0.5, 0.6) is 0 Å². The standard InChI is InChI=1S/C21H23N3O2S/c1-14(2)24-21(26)18-7-5-4-6-17(18)19(23-24)20(25)22-12-13-27-16-10-8-15(3)9-11-16/h4-11,14H,12-13H2,1-3H3,(H,22,25). The molecule has 5 nitrogen and oxygen atoms in total. The largest absolute Gasteiger partial charge is 0.350 e. The lowest BCUT2D eigenvalue weighted by Crippen LogP contribution is -2.32. The van der Waals surface area contributed by atoms with Gasteiger partial charge in [0, 0.05) is 22.6 Å². The quantitative estimate of drug-likeness (QED) is 0.521. The predicted molar refractivity (Wildman–Crippen MR) is 111 cm³/mol. The van der Waals surface area contributed by atoms with Gasteiger partial charge in [-0.2, -0.15) is 5.10 Å². The molecule has 1 aromatic heterocycles. The summed E-state index contributed by atoms with van der Waals surface area (Å²) in [5.74, 6) is 0.501.